The lowest BCUT2D eigenvalue weighted by Gasteiger charge is -2.23. The van der Waals surface area contributed by atoms with Gasteiger partial charge in [-0.3, -0.25) is 4.79 Å². The molecule has 0 aliphatic rings. The predicted octanol–water partition coefficient (Wildman–Crippen LogP) is 1.29. The fraction of sp³-hybridized carbons (Fsp3) is 0.917. The van der Waals surface area contributed by atoms with E-state index in [0.29, 0.717) is 26.2 Å². The molecule has 0 saturated heterocycles. The zero-order valence-corrected chi connectivity index (χ0v) is 11.0. The minimum absolute atomic E-state index is 0.0119. The first-order valence-electron chi connectivity index (χ1n) is 5.95. The maximum Gasteiger partial charge on any atom is 0.222 e. The van der Waals surface area contributed by atoms with Gasteiger partial charge in [-0.2, -0.15) is 0 Å². The number of ether oxygens (including phenoxy) is 1. The number of carbonyl (C=O) groups excluding carboxylic acids is 1. The van der Waals surface area contributed by atoms with Crippen LogP contribution in [0.25, 0.3) is 0 Å². The van der Waals surface area contributed by atoms with E-state index in [9.17, 15) is 4.79 Å². The molecule has 96 valence electrons. The topological polar surface area (TPSA) is 64.3 Å². The maximum absolute atomic E-state index is 11.3. The molecule has 4 heteroatoms. The number of hydrogen-bond acceptors (Lipinski definition) is 3. The van der Waals surface area contributed by atoms with Crippen molar-refractivity contribution in [3.8, 4) is 0 Å². The number of nitrogens with one attached hydrogen (secondary N) is 1. The molecule has 0 rings (SSSR count). The van der Waals surface area contributed by atoms with Crippen LogP contribution < -0.4 is 11.1 Å². The van der Waals surface area contributed by atoms with Crippen molar-refractivity contribution in [2.45, 2.75) is 46.6 Å². The quantitative estimate of drug-likeness (QED) is 0.648. The Morgan fingerprint density at radius 3 is 2.56 bits per heavy atom. The second-order valence-electron chi connectivity index (χ2n) is 5.28. The van der Waals surface area contributed by atoms with Gasteiger partial charge in [0, 0.05) is 25.6 Å². The summed E-state index contributed by atoms with van der Waals surface area (Å²) in [6.07, 6.45) is 1.31. The molecule has 16 heavy (non-hydrogen) atoms. The highest BCUT2D eigenvalue weighted by atomic mass is 16.5. The van der Waals surface area contributed by atoms with Gasteiger partial charge < -0.3 is 15.8 Å². The molecular weight excluding hydrogens is 204 g/mol. The van der Waals surface area contributed by atoms with Crippen LogP contribution in [-0.4, -0.2) is 31.7 Å². The number of rotatable bonds is 7. The summed E-state index contributed by atoms with van der Waals surface area (Å²) in [6.45, 7) is 10.0. The monoisotopic (exact) mass is 230 g/mol. The van der Waals surface area contributed by atoms with Crippen molar-refractivity contribution in [1.29, 1.82) is 0 Å². The van der Waals surface area contributed by atoms with Crippen LogP contribution in [-0.2, 0) is 9.53 Å². The molecule has 1 unspecified atom stereocenters. The smallest absolute Gasteiger partial charge is 0.222 e. The van der Waals surface area contributed by atoms with E-state index in [-0.39, 0.29) is 17.4 Å². The zero-order chi connectivity index (χ0) is 12.6. The Labute approximate surface area is 98.9 Å². The van der Waals surface area contributed by atoms with Crippen molar-refractivity contribution >= 4 is 5.91 Å². The summed E-state index contributed by atoms with van der Waals surface area (Å²) >= 11 is 0. The molecular formula is C12H26N2O2. The van der Waals surface area contributed by atoms with Crippen LogP contribution in [0.4, 0.5) is 0 Å². The third kappa shape index (κ3) is 9.93. The Kier molecular flexibility index (Phi) is 7.34. The molecule has 0 radical (unpaired) electrons. The van der Waals surface area contributed by atoms with Crippen molar-refractivity contribution in [2.75, 3.05) is 19.8 Å². The standard InChI is InChI=1S/C12H26N2O2/c1-5-16-7-6-11(15)14-9-10(13)8-12(2,3)4/h10H,5-9,13H2,1-4H3,(H,14,15). The Bertz CT molecular complexity index is 200. The number of amides is 1. The Balaban J connectivity index is 3.59. The molecule has 0 aromatic rings. The zero-order valence-electron chi connectivity index (χ0n) is 11.0. The summed E-state index contributed by atoms with van der Waals surface area (Å²) in [5.74, 6) is 0.0119. The van der Waals surface area contributed by atoms with E-state index < -0.39 is 0 Å². The van der Waals surface area contributed by atoms with Crippen molar-refractivity contribution < 1.29 is 9.53 Å². The molecule has 0 saturated carbocycles. The number of nitrogens with two attached hydrogens (primary N) is 1. The van der Waals surface area contributed by atoms with Crippen molar-refractivity contribution in [3.05, 3.63) is 0 Å². The normalized spacial score (nSPS) is 13.6. The van der Waals surface area contributed by atoms with E-state index in [0.717, 1.165) is 6.42 Å². The van der Waals surface area contributed by atoms with Gasteiger partial charge in [0.05, 0.1) is 6.61 Å². The summed E-state index contributed by atoms with van der Waals surface area (Å²) in [7, 11) is 0. The lowest BCUT2D eigenvalue weighted by Crippen LogP contribution is -2.39. The highest BCUT2D eigenvalue weighted by molar-refractivity contribution is 5.75. The van der Waals surface area contributed by atoms with Crippen LogP contribution in [0.5, 0.6) is 0 Å². The summed E-state index contributed by atoms with van der Waals surface area (Å²) in [4.78, 5) is 11.3. The molecule has 1 atom stereocenters. The number of carbonyl (C=O) groups is 1. The van der Waals surface area contributed by atoms with Gasteiger partial charge in [-0.05, 0) is 18.8 Å². The second kappa shape index (κ2) is 7.63. The van der Waals surface area contributed by atoms with E-state index in [1.807, 2.05) is 6.92 Å². The van der Waals surface area contributed by atoms with Gasteiger partial charge in [0.1, 0.15) is 0 Å². The van der Waals surface area contributed by atoms with E-state index in [4.69, 9.17) is 10.5 Å². The summed E-state index contributed by atoms with van der Waals surface area (Å²) in [5, 5.41) is 2.82. The molecule has 0 heterocycles. The molecule has 1 amide bonds. The average molecular weight is 230 g/mol. The lowest BCUT2D eigenvalue weighted by molar-refractivity contribution is -0.122. The van der Waals surface area contributed by atoms with Crippen molar-refractivity contribution in [1.82, 2.24) is 5.32 Å². The van der Waals surface area contributed by atoms with Gasteiger partial charge in [0.2, 0.25) is 5.91 Å². The fourth-order valence-electron chi connectivity index (χ4n) is 1.50. The van der Waals surface area contributed by atoms with Crippen LogP contribution in [0.2, 0.25) is 0 Å². The Morgan fingerprint density at radius 1 is 1.44 bits per heavy atom. The van der Waals surface area contributed by atoms with Gasteiger partial charge in [-0.25, -0.2) is 0 Å². The SMILES string of the molecule is CCOCCC(=O)NCC(N)CC(C)(C)C. The molecule has 0 aliphatic heterocycles. The average Bonchev–Trinajstić information content (AvgIpc) is 2.12. The Morgan fingerprint density at radius 2 is 2.06 bits per heavy atom. The van der Waals surface area contributed by atoms with Crippen LogP contribution in [0.1, 0.15) is 40.5 Å². The first-order valence-corrected chi connectivity index (χ1v) is 5.95. The minimum Gasteiger partial charge on any atom is -0.381 e. The molecule has 0 spiro atoms. The summed E-state index contributed by atoms with van der Waals surface area (Å²) in [5.41, 5.74) is 6.12. The maximum atomic E-state index is 11.3. The van der Waals surface area contributed by atoms with Gasteiger partial charge in [0.25, 0.3) is 0 Å². The van der Waals surface area contributed by atoms with E-state index in [2.05, 4.69) is 26.1 Å². The third-order valence-electron chi connectivity index (χ3n) is 2.11. The highest BCUT2D eigenvalue weighted by Crippen LogP contribution is 2.19. The van der Waals surface area contributed by atoms with Crippen LogP contribution in [0.3, 0.4) is 0 Å². The third-order valence-corrected chi connectivity index (χ3v) is 2.11. The largest absolute Gasteiger partial charge is 0.381 e. The lowest BCUT2D eigenvalue weighted by atomic mass is 9.88. The second-order valence-corrected chi connectivity index (χ2v) is 5.28. The van der Waals surface area contributed by atoms with E-state index in [1.165, 1.54) is 0 Å². The van der Waals surface area contributed by atoms with E-state index >= 15 is 0 Å². The molecule has 0 aromatic carbocycles. The van der Waals surface area contributed by atoms with Crippen molar-refractivity contribution in [3.63, 3.8) is 0 Å². The highest BCUT2D eigenvalue weighted by Gasteiger charge is 2.15. The van der Waals surface area contributed by atoms with Gasteiger partial charge in [0.15, 0.2) is 0 Å². The minimum atomic E-state index is 0.0119. The molecule has 0 fully saturated rings. The van der Waals surface area contributed by atoms with Gasteiger partial charge in [-0.1, -0.05) is 20.8 Å². The number of hydrogen-bond donors (Lipinski definition) is 2. The molecule has 0 aliphatic carbocycles. The predicted molar refractivity (Wildman–Crippen MR) is 66.2 cm³/mol. The fourth-order valence-corrected chi connectivity index (χ4v) is 1.50. The van der Waals surface area contributed by atoms with Crippen LogP contribution in [0, 0.1) is 5.41 Å². The molecule has 0 bridgehead atoms. The molecule has 4 nitrogen and oxygen atoms in total. The van der Waals surface area contributed by atoms with Crippen LogP contribution >= 0.6 is 0 Å². The summed E-state index contributed by atoms with van der Waals surface area (Å²) < 4.78 is 5.10. The van der Waals surface area contributed by atoms with Gasteiger partial charge in [-0.15, -0.1) is 0 Å². The first kappa shape index (κ1) is 15.4. The Hall–Kier alpha value is -0.610. The summed E-state index contributed by atoms with van der Waals surface area (Å²) in [6, 6.07) is 0.0241. The first-order chi connectivity index (χ1) is 7.35. The molecule has 0 aromatic heterocycles. The van der Waals surface area contributed by atoms with Gasteiger partial charge >= 0.3 is 0 Å². The van der Waals surface area contributed by atoms with Crippen LogP contribution in [0.15, 0.2) is 0 Å². The molecule has 3 N–H and O–H groups in total. The van der Waals surface area contributed by atoms with E-state index in [1.54, 1.807) is 0 Å². The van der Waals surface area contributed by atoms with Crippen molar-refractivity contribution in [2.24, 2.45) is 11.1 Å².